The molecule has 1 aromatic carbocycles. The quantitative estimate of drug-likeness (QED) is 0.191. The molecule has 1 aliphatic carbocycles. The molecule has 138 valence electrons. The van der Waals surface area contributed by atoms with Gasteiger partial charge in [0.25, 0.3) is 0 Å². The first-order valence-corrected chi connectivity index (χ1v) is 13.1. The number of fused-ring (bicyclic) bond motifs is 3. The fourth-order valence-electron chi connectivity index (χ4n) is 3.66. The van der Waals surface area contributed by atoms with Crippen molar-refractivity contribution in [1.29, 1.82) is 0 Å². The van der Waals surface area contributed by atoms with E-state index < -0.39 is 20.4 Å². The number of aromatic nitrogens is 3. The number of allylic oxidation sites excluding steroid dienone is 1. The van der Waals surface area contributed by atoms with Crippen LogP contribution in [0.4, 0.5) is 0 Å². The van der Waals surface area contributed by atoms with E-state index >= 15 is 0 Å². The third-order valence-electron chi connectivity index (χ3n) is 5.06. The summed E-state index contributed by atoms with van der Waals surface area (Å²) in [5.74, 6) is -0.293. The summed E-state index contributed by atoms with van der Waals surface area (Å²) in [5, 5.41) is 2.07. The van der Waals surface area contributed by atoms with E-state index in [1.165, 1.54) is 7.96 Å². The topological polar surface area (TPSA) is 64.8 Å². The Kier molecular flexibility index (Phi) is 3.87. The molecule has 0 amide bonds. The molecule has 5 nitrogen and oxygen atoms in total. The Labute approximate surface area is 180 Å². The van der Waals surface area contributed by atoms with E-state index in [1.807, 2.05) is 42.6 Å². The van der Waals surface area contributed by atoms with Crippen LogP contribution in [0.2, 0.25) is 0 Å². The Bertz CT molecular complexity index is 1450. The van der Waals surface area contributed by atoms with Gasteiger partial charge in [-0.3, -0.25) is 0 Å². The normalized spacial score (nSPS) is 15.1. The van der Waals surface area contributed by atoms with Gasteiger partial charge in [0.15, 0.2) is 0 Å². The molecule has 0 unspecified atom stereocenters. The van der Waals surface area contributed by atoms with Crippen LogP contribution in [-0.4, -0.2) is 61.0 Å². The maximum atomic E-state index is 12.9. The zero-order valence-corrected chi connectivity index (χ0v) is 18.9. The summed E-state index contributed by atoms with van der Waals surface area (Å²) in [4.78, 5) is 36.4. The number of hydrogen-bond acceptors (Lipinski definition) is 4. The van der Waals surface area contributed by atoms with Crippen LogP contribution in [0.1, 0.15) is 24.3 Å². The van der Waals surface area contributed by atoms with Crippen LogP contribution in [0.15, 0.2) is 65.6 Å². The van der Waals surface area contributed by atoms with Crippen molar-refractivity contribution in [3.8, 4) is 3.70 Å². The second kappa shape index (κ2) is 6.48. The summed E-state index contributed by atoms with van der Waals surface area (Å²) >= 11 is -0.477. The number of Topliss-reactive ketones (excluding diaryl/α,β-unsaturated/α-hetero) is 2. The zero-order valence-electron chi connectivity index (χ0n) is 14.8. The molecule has 0 aliphatic heterocycles. The van der Waals surface area contributed by atoms with Crippen molar-refractivity contribution >= 4 is 73.3 Å². The minimum absolute atomic E-state index is 0.142. The number of carbonyl (C=O) groups is 2. The van der Waals surface area contributed by atoms with Crippen LogP contribution in [-0.2, 0) is 0 Å². The van der Waals surface area contributed by atoms with Crippen LogP contribution in [0.5, 0.6) is 0 Å². The van der Waals surface area contributed by atoms with E-state index in [-0.39, 0.29) is 26.1 Å². The standard InChI is InChI=1S/C22H11N3O2SeTe/c26-20-15-7-12-4-6-28-18(12)9-16(15)21(27)17(20)8-14-1-2-19(29-14)25-5-3-13-10-23-11-24-22(13)25/h1-11H/b17-8-. The van der Waals surface area contributed by atoms with Crippen LogP contribution < -0.4 is 0 Å². The first kappa shape index (κ1) is 17.3. The molecular weight excluding hydrogens is 545 g/mol. The van der Waals surface area contributed by atoms with E-state index in [2.05, 4.69) is 25.5 Å². The first-order valence-electron chi connectivity index (χ1n) is 8.89. The van der Waals surface area contributed by atoms with Gasteiger partial charge < -0.3 is 0 Å². The second-order valence-electron chi connectivity index (χ2n) is 6.74. The van der Waals surface area contributed by atoms with Gasteiger partial charge in [0, 0.05) is 0 Å². The average molecular weight is 556 g/mol. The first-order chi connectivity index (χ1) is 14.2. The number of rotatable bonds is 2. The van der Waals surface area contributed by atoms with E-state index in [4.69, 9.17) is 0 Å². The molecule has 0 radical (unpaired) electrons. The Hall–Kier alpha value is -2.55. The Morgan fingerprint density at radius 1 is 1.00 bits per heavy atom. The molecule has 4 heterocycles. The van der Waals surface area contributed by atoms with E-state index in [0.29, 0.717) is 16.7 Å². The van der Waals surface area contributed by atoms with Gasteiger partial charge in [-0.1, -0.05) is 0 Å². The molecule has 0 N–H and O–H groups in total. The predicted molar refractivity (Wildman–Crippen MR) is 113 cm³/mol. The van der Waals surface area contributed by atoms with Crippen LogP contribution in [0, 0.1) is 0 Å². The molecule has 4 aromatic heterocycles. The molecule has 0 spiro atoms. The number of nitrogens with zero attached hydrogens (tertiary/aromatic N) is 3. The van der Waals surface area contributed by atoms with Crippen LogP contribution in [0.25, 0.3) is 30.5 Å². The summed E-state index contributed by atoms with van der Waals surface area (Å²) in [6.07, 6.45) is 7.15. The molecule has 5 aromatic rings. The van der Waals surface area contributed by atoms with Crippen molar-refractivity contribution in [2.45, 2.75) is 0 Å². The average Bonchev–Trinajstić information content (AvgIpc) is 3.50. The summed E-state index contributed by atoms with van der Waals surface area (Å²) in [6.45, 7) is 0. The number of hydrogen-bond donors (Lipinski definition) is 0. The summed E-state index contributed by atoms with van der Waals surface area (Å²) < 4.78 is 5.51. The molecule has 6 rings (SSSR count). The molecule has 0 bridgehead atoms. The molecule has 29 heavy (non-hydrogen) atoms. The number of carbonyl (C=O) groups excluding carboxylic acids is 2. The monoisotopic (exact) mass is 559 g/mol. The van der Waals surface area contributed by atoms with Gasteiger partial charge in [-0.05, 0) is 0 Å². The van der Waals surface area contributed by atoms with Gasteiger partial charge in [-0.15, -0.1) is 0 Å². The maximum absolute atomic E-state index is 12.9. The van der Waals surface area contributed by atoms with E-state index in [0.717, 1.165) is 20.0 Å². The fraction of sp³-hybridized carbons (Fsp3) is 0. The van der Waals surface area contributed by atoms with Gasteiger partial charge in [0.1, 0.15) is 0 Å². The van der Waals surface area contributed by atoms with Crippen LogP contribution >= 0.6 is 0 Å². The van der Waals surface area contributed by atoms with E-state index in [1.54, 1.807) is 12.5 Å². The van der Waals surface area contributed by atoms with Crippen molar-refractivity contribution in [1.82, 2.24) is 14.5 Å². The van der Waals surface area contributed by atoms with Crippen molar-refractivity contribution in [2.75, 3.05) is 0 Å². The second-order valence-corrected chi connectivity index (χ2v) is 11.8. The van der Waals surface area contributed by atoms with E-state index in [9.17, 15) is 9.59 Å². The van der Waals surface area contributed by atoms with Gasteiger partial charge in [0.05, 0.1) is 0 Å². The number of benzene rings is 1. The third-order valence-corrected chi connectivity index (χ3v) is 9.85. The molecule has 7 heteroatoms. The molecule has 1 aliphatic rings. The van der Waals surface area contributed by atoms with Crippen molar-refractivity contribution in [3.63, 3.8) is 0 Å². The fourth-order valence-corrected chi connectivity index (χ4v) is 8.03. The Morgan fingerprint density at radius 3 is 2.76 bits per heavy atom. The predicted octanol–water partition coefficient (Wildman–Crippen LogP) is 3.15. The molecule has 0 atom stereocenters. The van der Waals surface area contributed by atoms with Gasteiger partial charge in [-0.25, -0.2) is 0 Å². The minimum atomic E-state index is -0.730. The van der Waals surface area contributed by atoms with Gasteiger partial charge >= 0.3 is 181 Å². The van der Waals surface area contributed by atoms with Gasteiger partial charge in [0.2, 0.25) is 0 Å². The summed E-state index contributed by atoms with van der Waals surface area (Å²) in [5.41, 5.74) is 2.28. The SMILES string of the molecule is O=C1/C(=C/c2ccc(-n3ccc4cncnc43)[te]2)C(=O)c2cc3[se]ccc3cc21. The third kappa shape index (κ3) is 2.67. The van der Waals surface area contributed by atoms with Crippen molar-refractivity contribution in [2.24, 2.45) is 0 Å². The van der Waals surface area contributed by atoms with Crippen molar-refractivity contribution in [3.05, 3.63) is 80.3 Å². The summed E-state index contributed by atoms with van der Waals surface area (Å²) in [7, 11) is 0. The molecule has 0 saturated carbocycles. The molecule has 0 saturated heterocycles. The zero-order chi connectivity index (χ0) is 19.5. The Morgan fingerprint density at radius 2 is 1.86 bits per heavy atom. The van der Waals surface area contributed by atoms with Gasteiger partial charge in [-0.2, -0.15) is 0 Å². The van der Waals surface area contributed by atoms with Crippen molar-refractivity contribution < 1.29 is 9.59 Å². The Balaban J connectivity index is 1.41. The van der Waals surface area contributed by atoms with Crippen LogP contribution in [0.3, 0.4) is 0 Å². The molecular formula is C22H11N3O2SeTe. The number of ketones is 2. The molecule has 0 fully saturated rings. The summed E-state index contributed by atoms with van der Waals surface area (Å²) in [6, 6.07) is 11.9.